The number of rotatable bonds is 6. The number of hydrogen-bond donors (Lipinski definition) is 1. The van der Waals surface area contributed by atoms with Crippen LogP contribution in [0.15, 0.2) is 41.8 Å². The van der Waals surface area contributed by atoms with Gasteiger partial charge in [0.25, 0.3) is 0 Å². The molecule has 1 amide bonds. The molecular weight excluding hydrogens is 380 g/mol. The van der Waals surface area contributed by atoms with E-state index in [9.17, 15) is 4.79 Å². The SMILES string of the molecule is Cc1nn(Cc2ccccc2)c(C)c1CNC(=O)CN1CCc2sccc2[C@H]1C. The molecule has 3 aromatic rings. The predicted octanol–water partition coefficient (Wildman–Crippen LogP) is 3.85. The average molecular weight is 409 g/mol. The predicted molar refractivity (Wildman–Crippen MR) is 117 cm³/mol. The van der Waals surface area contributed by atoms with E-state index < -0.39 is 0 Å². The van der Waals surface area contributed by atoms with Gasteiger partial charge in [-0.1, -0.05) is 30.3 Å². The van der Waals surface area contributed by atoms with Crippen molar-refractivity contribution >= 4 is 17.2 Å². The van der Waals surface area contributed by atoms with Gasteiger partial charge in [0.15, 0.2) is 0 Å². The number of hydrogen-bond acceptors (Lipinski definition) is 4. The summed E-state index contributed by atoms with van der Waals surface area (Å²) in [5.41, 5.74) is 5.80. The van der Waals surface area contributed by atoms with Crippen molar-refractivity contribution in [1.29, 1.82) is 0 Å². The van der Waals surface area contributed by atoms with E-state index in [2.05, 4.69) is 52.7 Å². The Kier molecular flexibility index (Phi) is 5.83. The first-order valence-electron chi connectivity index (χ1n) is 10.2. The van der Waals surface area contributed by atoms with Gasteiger partial charge in [0.05, 0.1) is 18.8 Å². The minimum absolute atomic E-state index is 0.0742. The second kappa shape index (κ2) is 8.51. The lowest BCUT2D eigenvalue weighted by atomic mass is 10.0. The van der Waals surface area contributed by atoms with Crippen molar-refractivity contribution in [2.24, 2.45) is 0 Å². The summed E-state index contributed by atoms with van der Waals surface area (Å²) >= 11 is 1.83. The van der Waals surface area contributed by atoms with Crippen LogP contribution in [0.1, 0.15) is 45.9 Å². The molecule has 0 unspecified atom stereocenters. The molecule has 0 spiro atoms. The maximum atomic E-state index is 12.6. The van der Waals surface area contributed by atoms with Gasteiger partial charge in [-0.05, 0) is 49.8 Å². The Labute approximate surface area is 176 Å². The van der Waals surface area contributed by atoms with Crippen LogP contribution < -0.4 is 5.32 Å². The van der Waals surface area contributed by atoms with Gasteiger partial charge in [-0.25, -0.2) is 0 Å². The second-order valence-corrected chi connectivity index (χ2v) is 8.77. The van der Waals surface area contributed by atoms with Crippen LogP contribution in [0.25, 0.3) is 0 Å². The summed E-state index contributed by atoms with van der Waals surface area (Å²) in [6, 6.07) is 12.8. The smallest absolute Gasteiger partial charge is 0.234 e. The summed E-state index contributed by atoms with van der Waals surface area (Å²) < 4.78 is 2.02. The molecule has 152 valence electrons. The highest BCUT2D eigenvalue weighted by molar-refractivity contribution is 7.10. The summed E-state index contributed by atoms with van der Waals surface area (Å²) in [5, 5.41) is 9.95. The Morgan fingerprint density at radius 1 is 1.24 bits per heavy atom. The van der Waals surface area contributed by atoms with Crippen molar-refractivity contribution in [1.82, 2.24) is 20.0 Å². The van der Waals surface area contributed by atoms with E-state index in [1.807, 2.05) is 41.1 Å². The van der Waals surface area contributed by atoms with Gasteiger partial charge in [-0.15, -0.1) is 11.3 Å². The number of aromatic nitrogens is 2. The lowest BCUT2D eigenvalue weighted by Crippen LogP contribution is -2.41. The maximum Gasteiger partial charge on any atom is 0.234 e. The standard InChI is InChI=1S/C23H28N4OS/c1-16-21(18(3)27(25-16)14-19-7-5-4-6-8-19)13-24-23(28)15-26-11-9-22-20(17(26)2)10-12-29-22/h4-8,10,12,17H,9,11,13-15H2,1-3H3,(H,24,28)/t17-/m1/s1. The summed E-state index contributed by atoms with van der Waals surface area (Å²) in [6.07, 6.45) is 1.04. The van der Waals surface area contributed by atoms with Crippen molar-refractivity contribution in [2.75, 3.05) is 13.1 Å². The third-order valence-corrected chi connectivity index (χ3v) is 6.92. The van der Waals surface area contributed by atoms with Crippen LogP contribution in [-0.2, 0) is 24.3 Å². The van der Waals surface area contributed by atoms with Crippen LogP contribution in [0.2, 0.25) is 0 Å². The number of fused-ring (bicyclic) bond motifs is 1. The van der Waals surface area contributed by atoms with Gasteiger partial charge in [-0.2, -0.15) is 5.10 Å². The topological polar surface area (TPSA) is 50.2 Å². The number of carbonyl (C=O) groups is 1. The minimum atomic E-state index is 0.0742. The van der Waals surface area contributed by atoms with Crippen LogP contribution in [-0.4, -0.2) is 33.7 Å². The van der Waals surface area contributed by atoms with Gasteiger partial charge >= 0.3 is 0 Å². The molecule has 0 aliphatic carbocycles. The fourth-order valence-electron chi connectivity index (χ4n) is 4.10. The Morgan fingerprint density at radius 2 is 2.03 bits per heavy atom. The Morgan fingerprint density at radius 3 is 2.83 bits per heavy atom. The number of carbonyl (C=O) groups excluding carboxylic acids is 1. The number of nitrogens with one attached hydrogen (secondary N) is 1. The van der Waals surface area contributed by atoms with Gasteiger partial charge < -0.3 is 5.32 Å². The van der Waals surface area contributed by atoms with Crippen LogP contribution >= 0.6 is 11.3 Å². The molecule has 29 heavy (non-hydrogen) atoms. The first-order chi connectivity index (χ1) is 14.0. The zero-order valence-electron chi connectivity index (χ0n) is 17.3. The number of nitrogens with zero attached hydrogens (tertiary/aromatic N) is 3. The molecular formula is C23H28N4OS. The maximum absolute atomic E-state index is 12.6. The van der Waals surface area contributed by atoms with Crippen LogP contribution in [0, 0.1) is 13.8 Å². The highest BCUT2D eigenvalue weighted by Crippen LogP contribution is 2.32. The van der Waals surface area contributed by atoms with Crippen LogP contribution in [0.5, 0.6) is 0 Å². The molecule has 5 nitrogen and oxygen atoms in total. The first kappa shape index (κ1) is 19.9. The summed E-state index contributed by atoms with van der Waals surface area (Å²) in [6.45, 7) is 8.94. The molecule has 1 N–H and O–H groups in total. The van der Waals surface area contributed by atoms with Crippen molar-refractivity contribution in [3.63, 3.8) is 0 Å². The zero-order valence-corrected chi connectivity index (χ0v) is 18.1. The quantitative estimate of drug-likeness (QED) is 0.674. The Hall–Kier alpha value is -2.44. The summed E-state index contributed by atoms with van der Waals surface area (Å²) in [5.74, 6) is 0.0742. The van der Waals surface area contributed by atoms with E-state index in [1.54, 1.807) is 0 Å². The third kappa shape index (κ3) is 4.28. The van der Waals surface area contributed by atoms with E-state index in [0.29, 0.717) is 19.1 Å². The number of aryl methyl sites for hydroxylation is 1. The lowest BCUT2D eigenvalue weighted by molar-refractivity contribution is -0.123. The fourth-order valence-corrected chi connectivity index (χ4v) is 5.07. The highest BCUT2D eigenvalue weighted by atomic mass is 32.1. The molecule has 1 aliphatic rings. The van der Waals surface area contributed by atoms with Gasteiger partial charge in [0.2, 0.25) is 5.91 Å². The van der Waals surface area contributed by atoms with Crippen molar-refractivity contribution in [3.8, 4) is 0 Å². The van der Waals surface area contributed by atoms with E-state index >= 15 is 0 Å². The van der Waals surface area contributed by atoms with Crippen LogP contribution in [0.3, 0.4) is 0 Å². The minimum Gasteiger partial charge on any atom is -0.351 e. The molecule has 1 atom stereocenters. The van der Waals surface area contributed by atoms with E-state index in [4.69, 9.17) is 0 Å². The molecule has 2 aromatic heterocycles. The first-order valence-corrected chi connectivity index (χ1v) is 11.0. The molecule has 3 heterocycles. The van der Waals surface area contributed by atoms with Crippen molar-refractivity contribution in [3.05, 3.63) is 74.7 Å². The average Bonchev–Trinajstić information content (AvgIpc) is 3.29. The molecule has 0 bridgehead atoms. The number of amides is 1. The molecule has 1 aromatic carbocycles. The Balaban J connectivity index is 1.36. The molecule has 0 saturated carbocycles. The molecule has 0 saturated heterocycles. The second-order valence-electron chi connectivity index (χ2n) is 7.76. The molecule has 4 rings (SSSR count). The largest absolute Gasteiger partial charge is 0.351 e. The number of benzene rings is 1. The van der Waals surface area contributed by atoms with Gasteiger partial charge in [0.1, 0.15) is 0 Å². The lowest BCUT2D eigenvalue weighted by Gasteiger charge is -2.32. The highest BCUT2D eigenvalue weighted by Gasteiger charge is 2.26. The molecule has 0 fully saturated rings. The number of thiophene rings is 1. The summed E-state index contributed by atoms with van der Waals surface area (Å²) in [7, 11) is 0. The fraction of sp³-hybridized carbons (Fsp3) is 0.391. The van der Waals surface area contributed by atoms with E-state index in [-0.39, 0.29) is 5.91 Å². The third-order valence-electron chi connectivity index (χ3n) is 5.92. The monoisotopic (exact) mass is 408 g/mol. The molecule has 0 radical (unpaired) electrons. The van der Waals surface area contributed by atoms with E-state index in [0.717, 1.165) is 36.5 Å². The van der Waals surface area contributed by atoms with Crippen LogP contribution in [0.4, 0.5) is 0 Å². The molecule has 6 heteroatoms. The van der Waals surface area contributed by atoms with E-state index in [1.165, 1.54) is 16.0 Å². The van der Waals surface area contributed by atoms with Crippen molar-refractivity contribution < 1.29 is 4.79 Å². The normalized spacial score (nSPS) is 16.6. The Bertz CT molecular complexity index is 992. The van der Waals surface area contributed by atoms with Gasteiger partial charge in [0, 0.05) is 35.3 Å². The summed E-state index contributed by atoms with van der Waals surface area (Å²) in [4.78, 5) is 16.4. The molecule has 1 aliphatic heterocycles. The van der Waals surface area contributed by atoms with Crippen molar-refractivity contribution in [2.45, 2.75) is 46.3 Å². The van der Waals surface area contributed by atoms with Gasteiger partial charge in [-0.3, -0.25) is 14.4 Å². The zero-order chi connectivity index (χ0) is 20.4.